The summed E-state index contributed by atoms with van der Waals surface area (Å²) >= 11 is 4.82. The predicted molar refractivity (Wildman–Crippen MR) is 82.1 cm³/mol. The van der Waals surface area contributed by atoms with Gasteiger partial charge in [-0.3, -0.25) is 4.31 Å². The number of halogens is 1. The van der Waals surface area contributed by atoms with Gasteiger partial charge in [0.2, 0.25) is 5.03 Å². The van der Waals surface area contributed by atoms with Crippen molar-refractivity contribution in [1.29, 1.82) is 0 Å². The van der Waals surface area contributed by atoms with Crippen LogP contribution in [-0.4, -0.2) is 25.4 Å². The third-order valence-corrected chi connectivity index (χ3v) is 4.80. The average molecular weight is 325 g/mol. The van der Waals surface area contributed by atoms with Crippen molar-refractivity contribution in [2.45, 2.75) is 5.03 Å². The van der Waals surface area contributed by atoms with Gasteiger partial charge in [-0.05, 0) is 36.4 Å². The first-order chi connectivity index (χ1) is 9.84. The number of nitrogens with two attached hydrogens (primary N) is 1. The molecule has 0 bridgehead atoms. The number of aromatic nitrogens is 1. The van der Waals surface area contributed by atoms with Gasteiger partial charge in [-0.15, -0.1) is 0 Å². The van der Waals surface area contributed by atoms with E-state index in [4.69, 9.17) is 18.0 Å². The summed E-state index contributed by atoms with van der Waals surface area (Å²) in [5, 5.41) is -0.620. The quantitative estimate of drug-likeness (QED) is 0.866. The summed E-state index contributed by atoms with van der Waals surface area (Å²) in [6.45, 7) is 0. The van der Waals surface area contributed by atoms with E-state index in [9.17, 15) is 12.8 Å². The molecule has 2 rings (SSSR count). The molecule has 8 heteroatoms. The van der Waals surface area contributed by atoms with E-state index < -0.39 is 20.9 Å². The third kappa shape index (κ3) is 3.01. The van der Waals surface area contributed by atoms with Crippen LogP contribution < -0.4 is 10.0 Å². The Morgan fingerprint density at radius 2 is 1.90 bits per heavy atom. The fourth-order valence-corrected chi connectivity index (χ4v) is 2.97. The number of sulfonamides is 1. The van der Waals surface area contributed by atoms with Crippen molar-refractivity contribution in [2.75, 3.05) is 11.4 Å². The van der Waals surface area contributed by atoms with Crippen LogP contribution >= 0.6 is 12.2 Å². The Labute approximate surface area is 127 Å². The number of rotatable bonds is 4. The third-order valence-electron chi connectivity index (χ3n) is 2.85. The maximum Gasteiger partial charge on any atom is 0.284 e. The van der Waals surface area contributed by atoms with Gasteiger partial charge in [0.1, 0.15) is 4.99 Å². The van der Waals surface area contributed by atoms with Gasteiger partial charge < -0.3 is 5.73 Å². The van der Waals surface area contributed by atoms with Crippen molar-refractivity contribution in [1.82, 2.24) is 4.98 Å². The number of pyridine rings is 1. The minimum Gasteiger partial charge on any atom is -0.389 e. The largest absolute Gasteiger partial charge is 0.389 e. The first-order valence-corrected chi connectivity index (χ1v) is 7.68. The molecule has 0 fully saturated rings. The summed E-state index contributed by atoms with van der Waals surface area (Å²) < 4.78 is 39.3. The molecule has 110 valence electrons. The summed E-state index contributed by atoms with van der Waals surface area (Å²) in [5.74, 6) is -0.899. The Hall–Kier alpha value is -2.06. The summed E-state index contributed by atoms with van der Waals surface area (Å²) in [4.78, 5) is 3.81. The van der Waals surface area contributed by atoms with E-state index in [2.05, 4.69) is 4.98 Å². The zero-order chi connectivity index (χ0) is 15.6. The highest BCUT2D eigenvalue weighted by Crippen LogP contribution is 2.22. The molecule has 0 spiro atoms. The van der Waals surface area contributed by atoms with Crippen molar-refractivity contribution in [2.24, 2.45) is 5.73 Å². The van der Waals surface area contributed by atoms with Crippen LogP contribution in [0.1, 0.15) is 5.56 Å². The molecule has 5 nitrogen and oxygen atoms in total. The van der Waals surface area contributed by atoms with Crippen molar-refractivity contribution >= 4 is 32.9 Å². The maximum absolute atomic E-state index is 13.6. The lowest BCUT2D eigenvalue weighted by molar-refractivity contribution is 0.552. The Morgan fingerprint density at radius 3 is 2.43 bits per heavy atom. The summed E-state index contributed by atoms with van der Waals surface area (Å²) in [5.41, 5.74) is 6.44. The lowest BCUT2D eigenvalue weighted by Gasteiger charge is -2.19. The first kappa shape index (κ1) is 15.3. The second-order valence-electron chi connectivity index (χ2n) is 4.17. The molecule has 0 saturated heterocycles. The number of benzene rings is 1. The molecule has 2 aromatic rings. The molecule has 21 heavy (non-hydrogen) atoms. The van der Waals surface area contributed by atoms with E-state index >= 15 is 0 Å². The molecule has 0 saturated carbocycles. The van der Waals surface area contributed by atoms with Crippen LogP contribution in [0.2, 0.25) is 0 Å². The fourth-order valence-electron chi connectivity index (χ4n) is 1.67. The Balaban J connectivity index is 2.41. The van der Waals surface area contributed by atoms with E-state index in [0.29, 0.717) is 11.3 Å². The Kier molecular flexibility index (Phi) is 4.19. The molecule has 0 aliphatic carbocycles. The van der Waals surface area contributed by atoms with Gasteiger partial charge in [0.25, 0.3) is 10.0 Å². The minimum atomic E-state index is -4.07. The molecule has 0 aliphatic heterocycles. The number of nitrogens with zero attached hydrogens (tertiary/aromatic N) is 2. The summed E-state index contributed by atoms with van der Waals surface area (Å²) in [7, 11) is -2.75. The van der Waals surface area contributed by atoms with Crippen molar-refractivity contribution < 1.29 is 12.8 Å². The fraction of sp³-hybridized carbons (Fsp3) is 0.0769. The zero-order valence-electron chi connectivity index (χ0n) is 11.0. The van der Waals surface area contributed by atoms with Crippen LogP contribution in [0.3, 0.4) is 0 Å². The van der Waals surface area contributed by atoms with Crippen LogP contribution in [-0.2, 0) is 10.0 Å². The zero-order valence-corrected chi connectivity index (χ0v) is 12.7. The van der Waals surface area contributed by atoms with Crippen molar-refractivity contribution in [3.63, 3.8) is 0 Å². The number of anilines is 1. The number of hydrogen-bond donors (Lipinski definition) is 1. The van der Waals surface area contributed by atoms with Crippen LogP contribution in [0.15, 0.2) is 47.6 Å². The lowest BCUT2D eigenvalue weighted by Crippen LogP contribution is -2.28. The molecule has 0 amide bonds. The minimum absolute atomic E-state index is 0.211. The number of hydrogen-bond acceptors (Lipinski definition) is 4. The van der Waals surface area contributed by atoms with Crippen LogP contribution in [0.25, 0.3) is 0 Å². The second kappa shape index (κ2) is 5.74. The van der Waals surface area contributed by atoms with Gasteiger partial charge >= 0.3 is 0 Å². The molecule has 1 aromatic carbocycles. The van der Waals surface area contributed by atoms with E-state index in [0.717, 1.165) is 10.4 Å². The standard InChI is InChI=1S/C13H12FN3O2S2/c1-17(10-6-4-9(5-7-10)12(15)20)21(18,19)13-11(14)3-2-8-16-13/h2-8H,1H3,(H2,15,20). The van der Waals surface area contributed by atoms with Crippen molar-refractivity contribution in [3.8, 4) is 0 Å². The van der Waals surface area contributed by atoms with Gasteiger partial charge in [-0.1, -0.05) is 12.2 Å². The van der Waals surface area contributed by atoms with Crippen LogP contribution in [0.5, 0.6) is 0 Å². The normalized spacial score (nSPS) is 11.1. The van der Waals surface area contributed by atoms with Crippen LogP contribution in [0, 0.1) is 5.82 Å². The van der Waals surface area contributed by atoms with Gasteiger partial charge in [0, 0.05) is 18.8 Å². The molecule has 0 atom stereocenters. The monoisotopic (exact) mass is 325 g/mol. The molecule has 0 aliphatic rings. The Morgan fingerprint density at radius 1 is 1.29 bits per heavy atom. The average Bonchev–Trinajstić information content (AvgIpc) is 2.46. The highest BCUT2D eigenvalue weighted by Gasteiger charge is 2.26. The maximum atomic E-state index is 13.6. The topological polar surface area (TPSA) is 76.3 Å². The predicted octanol–water partition coefficient (Wildman–Crippen LogP) is 1.68. The van der Waals surface area contributed by atoms with E-state index in [1.54, 1.807) is 12.1 Å². The van der Waals surface area contributed by atoms with E-state index in [1.807, 2.05) is 0 Å². The Bertz CT molecular complexity index is 776. The van der Waals surface area contributed by atoms with E-state index in [-0.39, 0.29) is 4.99 Å². The lowest BCUT2D eigenvalue weighted by atomic mass is 10.2. The molecule has 1 heterocycles. The van der Waals surface area contributed by atoms with Crippen LogP contribution in [0.4, 0.5) is 10.1 Å². The van der Waals surface area contributed by atoms with E-state index in [1.165, 1.54) is 31.4 Å². The molecule has 2 N–H and O–H groups in total. The molecule has 1 aromatic heterocycles. The first-order valence-electron chi connectivity index (χ1n) is 5.83. The van der Waals surface area contributed by atoms with Gasteiger partial charge in [-0.2, -0.15) is 8.42 Å². The highest BCUT2D eigenvalue weighted by molar-refractivity contribution is 7.92. The van der Waals surface area contributed by atoms with Gasteiger partial charge in [0.15, 0.2) is 5.82 Å². The molecular weight excluding hydrogens is 313 g/mol. The smallest absolute Gasteiger partial charge is 0.284 e. The van der Waals surface area contributed by atoms with Gasteiger partial charge in [-0.25, -0.2) is 9.37 Å². The number of thiocarbonyl (C=S) groups is 1. The highest BCUT2D eigenvalue weighted by atomic mass is 32.2. The molecule has 0 unspecified atom stereocenters. The van der Waals surface area contributed by atoms with Crippen molar-refractivity contribution in [3.05, 3.63) is 54.0 Å². The summed E-state index contributed by atoms with van der Waals surface area (Å²) in [6.07, 6.45) is 1.22. The summed E-state index contributed by atoms with van der Waals surface area (Å²) in [6, 6.07) is 8.63. The second-order valence-corrected chi connectivity index (χ2v) is 6.50. The molecule has 0 radical (unpaired) electrons. The molecular formula is C13H12FN3O2S2. The van der Waals surface area contributed by atoms with Gasteiger partial charge in [0.05, 0.1) is 5.69 Å². The SMILES string of the molecule is CN(c1ccc(C(N)=S)cc1)S(=O)(=O)c1ncccc1F.